The van der Waals surface area contributed by atoms with Gasteiger partial charge in [0.05, 0.1) is 5.56 Å². The highest BCUT2D eigenvalue weighted by Crippen LogP contribution is 2.35. The zero-order valence-corrected chi connectivity index (χ0v) is 19.0. The van der Waals surface area contributed by atoms with Gasteiger partial charge in [-0.3, -0.25) is 0 Å². The number of rotatable bonds is 7. The molecule has 170 valence electrons. The van der Waals surface area contributed by atoms with Gasteiger partial charge in [0.25, 0.3) is 0 Å². The molecule has 0 saturated heterocycles. The second-order valence-electron chi connectivity index (χ2n) is 7.55. The average Bonchev–Trinajstić information content (AvgIpc) is 2.73. The SMILES string of the molecule is CCc1cc(C)cc(CC)c1-c1c(O)cc(CCSc2ccc(C(F)(F)F)cc2)oc1=O. The molecular formula is C25H25F3O3S. The number of aromatic hydroxyl groups is 1. The third-order valence-corrected chi connectivity index (χ3v) is 6.25. The van der Waals surface area contributed by atoms with E-state index in [4.69, 9.17) is 4.42 Å². The Morgan fingerprint density at radius 3 is 2.06 bits per heavy atom. The molecule has 0 atom stereocenters. The summed E-state index contributed by atoms with van der Waals surface area (Å²) in [5.74, 6) is 0.695. The number of benzene rings is 2. The van der Waals surface area contributed by atoms with E-state index in [1.54, 1.807) is 0 Å². The van der Waals surface area contributed by atoms with Crippen LogP contribution in [0.15, 0.2) is 56.6 Å². The third kappa shape index (κ3) is 5.38. The maximum atomic E-state index is 12.8. The quantitative estimate of drug-likeness (QED) is 0.392. The Bertz CT molecular complexity index is 1120. The fourth-order valence-corrected chi connectivity index (χ4v) is 4.58. The standard InChI is InChI=1S/C25H25F3O3S/c1-4-16-12-15(3)13-17(5-2)22(16)23-21(29)14-19(31-24(23)30)10-11-32-20-8-6-18(7-9-20)25(26,27)28/h6-9,12-14,29H,4-5,10-11H2,1-3H3. The van der Waals surface area contributed by atoms with Crippen molar-refractivity contribution in [3.05, 3.63) is 80.9 Å². The molecule has 0 saturated carbocycles. The van der Waals surface area contributed by atoms with Crippen molar-refractivity contribution in [1.29, 1.82) is 0 Å². The van der Waals surface area contributed by atoms with Crippen molar-refractivity contribution in [3.63, 3.8) is 0 Å². The van der Waals surface area contributed by atoms with Crippen molar-refractivity contribution < 1.29 is 22.7 Å². The van der Waals surface area contributed by atoms with E-state index < -0.39 is 17.4 Å². The van der Waals surface area contributed by atoms with Crippen molar-refractivity contribution in [2.75, 3.05) is 5.75 Å². The molecule has 0 spiro atoms. The summed E-state index contributed by atoms with van der Waals surface area (Å²) in [4.78, 5) is 13.5. The Morgan fingerprint density at radius 2 is 1.56 bits per heavy atom. The predicted molar refractivity (Wildman–Crippen MR) is 121 cm³/mol. The number of hydrogen-bond donors (Lipinski definition) is 1. The summed E-state index contributed by atoms with van der Waals surface area (Å²) in [5.41, 5.74) is 2.69. The number of thioether (sulfide) groups is 1. The molecule has 0 aliphatic heterocycles. The van der Waals surface area contributed by atoms with Gasteiger partial charge in [-0.1, -0.05) is 31.5 Å². The summed E-state index contributed by atoms with van der Waals surface area (Å²) in [6.07, 6.45) is -2.58. The molecule has 32 heavy (non-hydrogen) atoms. The molecule has 3 rings (SSSR count). The summed E-state index contributed by atoms with van der Waals surface area (Å²) in [6, 6.07) is 10.4. The average molecular weight is 463 g/mol. The molecule has 0 fully saturated rings. The first-order chi connectivity index (χ1) is 15.1. The summed E-state index contributed by atoms with van der Waals surface area (Å²) in [6.45, 7) is 6.01. The van der Waals surface area contributed by atoms with Gasteiger partial charge in [-0.15, -0.1) is 11.8 Å². The highest BCUT2D eigenvalue weighted by atomic mass is 32.2. The second-order valence-corrected chi connectivity index (χ2v) is 8.71. The van der Waals surface area contributed by atoms with Crippen LogP contribution in [-0.2, 0) is 25.4 Å². The molecule has 0 amide bonds. The lowest BCUT2D eigenvalue weighted by molar-refractivity contribution is -0.137. The summed E-state index contributed by atoms with van der Waals surface area (Å²) in [7, 11) is 0. The predicted octanol–water partition coefficient (Wildman–Crippen LogP) is 6.80. The minimum Gasteiger partial charge on any atom is -0.507 e. The summed E-state index contributed by atoms with van der Waals surface area (Å²) < 4.78 is 43.5. The minimum atomic E-state index is -4.36. The van der Waals surface area contributed by atoms with Crippen LogP contribution in [0.25, 0.3) is 11.1 Å². The highest BCUT2D eigenvalue weighted by Gasteiger charge is 2.29. The zero-order chi connectivity index (χ0) is 23.5. The molecule has 0 radical (unpaired) electrons. The lowest BCUT2D eigenvalue weighted by Gasteiger charge is -2.15. The maximum Gasteiger partial charge on any atom is 0.416 e. The summed E-state index contributed by atoms with van der Waals surface area (Å²) in [5, 5.41) is 10.7. The maximum absolute atomic E-state index is 12.8. The fraction of sp³-hybridized carbons (Fsp3) is 0.320. The second kappa shape index (κ2) is 9.86. The van der Waals surface area contributed by atoms with E-state index in [0.29, 0.717) is 35.7 Å². The van der Waals surface area contributed by atoms with E-state index >= 15 is 0 Å². The van der Waals surface area contributed by atoms with E-state index in [0.717, 1.165) is 34.4 Å². The van der Waals surface area contributed by atoms with Gasteiger partial charge < -0.3 is 9.52 Å². The number of alkyl halides is 3. The Morgan fingerprint density at radius 1 is 0.969 bits per heavy atom. The fourth-order valence-electron chi connectivity index (χ4n) is 3.71. The Balaban J connectivity index is 1.79. The van der Waals surface area contributed by atoms with Gasteiger partial charge in [0.15, 0.2) is 0 Å². The van der Waals surface area contributed by atoms with Gasteiger partial charge in [0.2, 0.25) is 0 Å². The summed E-state index contributed by atoms with van der Waals surface area (Å²) >= 11 is 1.35. The van der Waals surface area contributed by atoms with Crippen LogP contribution in [-0.4, -0.2) is 10.9 Å². The lowest BCUT2D eigenvalue weighted by atomic mass is 9.90. The first-order valence-electron chi connectivity index (χ1n) is 10.4. The lowest BCUT2D eigenvalue weighted by Crippen LogP contribution is -2.09. The Hall–Kier alpha value is -2.67. The molecule has 1 heterocycles. The minimum absolute atomic E-state index is 0.121. The van der Waals surface area contributed by atoms with Crippen LogP contribution in [0.2, 0.25) is 0 Å². The van der Waals surface area contributed by atoms with Crippen LogP contribution in [0.1, 0.15) is 41.9 Å². The van der Waals surface area contributed by atoms with Crippen molar-refractivity contribution in [2.45, 2.75) is 51.1 Å². The van der Waals surface area contributed by atoms with E-state index in [-0.39, 0.29) is 11.3 Å². The molecule has 3 nitrogen and oxygen atoms in total. The van der Waals surface area contributed by atoms with Crippen LogP contribution in [0.4, 0.5) is 13.2 Å². The van der Waals surface area contributed by atoms with Gasteiger partial charge in [0.1, 0.15) is 17.1 Å². The largest absolute Gasteiger partial charge is 0.507 e. The first kappa shape index (κ1) is 24.0. The van der Waals surface area contributed by atoms with Crippen LogP contribution >= 0.6 is 11.8 Å². The van der Waals surface area contributed by atoms with Gasteiger partial charge in [0, 0.05) is 23.1 Å². The molecule has 1 N–H and O–H groups in total. The monoisotopic (exact) mass is 462 g/mol. The molecule has 0 unspecified atom stereocenters. The van der Waals surface area contributed by atoms with Crippen molar-refractivity contribution in [2.24, 2.45) is 0 Å². The topological polar surface area (TPSA) is 50.4 Å². The smallest absolute Gasteiger partial charge is 0.416 e. The normalized spacial score (nSPS) is 11.7. The van der Waals surface area contributed by atoms with E-state index in [2.05, 4.69) is 0 Å². The van der Waals surface area contributed by atoms with Gasteiger partial charge in [-0.05, 0) is 60.7 Å². The number of hydrogen-bond acceptors (Lipinski definition) is 4. The molecule has 0 aliphatic rings. The molecule has 7 heteroatoms. The number of halogens is 3. The molecule has 0 bridgehead atoms. The van der Waals surface area contributed by atoms with E-state index in [1.165, 1.54) is 30.0 Å². The van der Waals surface area contributed by atoms with Crippen LogP contribution in [0.5, 0.6) is 5.75 Å². The van der Waals surface area contributed by atoms with Gasteiger partial charge in [-0.25, -0.2) is 4.79 Å². The van der Waals surface area contributed by atoms with E-state index in [1.807, 2.05) is 32.9 Å². The molecule has 3 aromatic rings. The van der Waals surface area contributed by atoms with Crippen LogP contribution in [0.3, 0.4) is 0 Å². The zero-order valence-electron chi connectivity index (χ0n) is 18.2. The van der Waals surface area contributed by atoms with Crippen molar-refractivity contribution >= 4 is 11.8 Å². The van der Waals surface area contributed by atoms with Crippen molar-refractivity contribution in [3.8, 4) is 16.9 Å². The Labute approximate surface area is 189 Å². The van der Waals surface area contributed by atoms with Gasteiger partial charge in [-0.2, -0.15) is 13.2 Å². The van der Waals surface area contributed by atoms with Gasteiger partial charge >= 0.3 is 11.8 Å². The molecule has 1 aromatic heterocycles. The molecular weight excluding hydrogens is 437 g/mol. The highest BCUT2D eigenvalue weighted by molar-refractivity contribution is 7.99. The van der Waals surface area contributed by atoms with E-state index in [9.17, 15) is 23.1 Å². The Kier molecular flexibility index (Phi) is 7.39. The first-order valence-corrected chi connectivity index (χ1v) is 11.4. The third-order valence-electron chi connectivity index (χ3n) is 5.24. The molecule has 0 aliphatic carbocycles. The van der Waals surface area contributed by atoms with Crippen LogP contribution in [0, 0.1) is 6.92 Å². The van der Waals surface area contributed by atoms with Crippen LogP contribution < -0.4 is 5.63 Å². The van der Waals surface area contributed by atoms with Crippen molar-refractivity contribution in [1.82, 2.24) is 0 Å². The number of aryl methyl sites for hydroxylation is 4. The molecule has 2 aromatic carbocycles.